The van der Waals surface area contributed by atoms with Gasteiger partial charge in [0.15, 0.2) is 12.0 Å². The van der Waals surface area contributed by atoms with E-state index in [2.05, 4.69) is 15.2 Å². The van der Waals surface area contributed by atoms with Crippen molar-refractivity contribution in [1.29, 1.82) is 0 Å². The zero-order chi connectivity index (χ0) is 18.4. The lowest BCUT2D eigenvalue weighted by molar-refractivity contribution is 0.0965. The second-order valence-corrected chi connectivity index (χ2v) is 7.09. The van der Waals surface area contributed by atoms with Crippen molar-refractivity contribution in [1.82, 2.24) is 15.3 Å². The third-order valence-corrected chi connectivity index (χ3v) is 5.27. The van der Waals surface area contributed by atoms with Crippen molar-refractivity contribution in [3.8, 4) is 5.75 Å². The molecule has 1 fully saturated rings. The summed E-state index contributed by atoms with van der Waals surface area (Å²) in [6.45, 7) is 4.30. The van der Waals surface area contributed by atoms with Crippen LogP contribution >= 0.6 is 0 Å². The fourth-order valence-corrected chi connectivity index (χ4v) is 3.84. The maximum Gasteiger partial charge on any atom is 0.253 e. The van der Waals surface area contributed by atoms with Crippen molar-refractivity contribution in [2.45, 2.75) is 32.4 Å². The number of amides is 1. The van der Waals surface area contributed by atoms with E-state index in [0.717, 1.165) is 59.9 Å². The zero-order valence-corrected chi connectivity index (χ0v) is 15.1. The second kappa shape index (κ2) is 6.26. The molecule has 2 aliphatic rings. The molecule has 0 radical (unpaired) electrons. The SMILES string of the molecule is Cc1cc2c(nc1N1CCC(Oc3ccc4ocnc4c3)CC1)CNC2=O. The maximum absolute atomic E-state index is 11.8. The predicted molar refractivity (Wildman–Crippen MR) is 100 cm³/mol. The molecule has 0 saturated carbocycles. The number of rotatable bonds is 3. The topological polar surface area (TPSA) is 80.5 Å². The fraction of sp³-hybridized carbons (Fsp3) is 0.350. The van der Waals surface area contributed by atoms with Gasteiger partial charge in [-0.25, -0.2) is 9.97 Å². The largest absolute Gasteiger partial charge is 0.490 e. The molecular weight excluding hydrogens is 344 g/mol. The molecule has 1 aromatic carbocycles. The number of ether oxygens (including phenoxy) is 1. The van der Waals surface area contributed by atoms with Crippen molar-refractivity contribution in [3.63, 3.8) is 0 Å². The molecular formula is C20H20N4O3. The highest BCUT2D eigenvalue weighted by molar-refractivity contribution is 5.98. The number of benzene rings is 1. The minimum atomic E-state index is -0.0247. The number of hydrogen-bond donors (Lipinski definition) is 1. The Morgan fingerprint density at radius 1 is 1.26 bits per heavy atom. The Morgan fingerprint density at radius 3 is 2.96 bits per heavy atom. The Kier molecular flexibility index (Phi) is 3.74. The maximum atomic E-state index is 11.8. The van der Waals surface area contributed by atoms with Crippen LogP contribution in [0.15, 0.2) is 35.1 Å². The number of aromatic nitrogens is 2. The first-order valence-electron chi connectivity index (χ1n) is 9.21. The summed E-state index contributed by atoms with van der Waals surface area (Å²) in [5, 5.41) is 2.84. The molecule has 1 saturated heterocycles. The molecule has 2 aliphatic heterocycles. The van der Waals surface area contributed by atoms with Gasteiger partial charge < -0.3 is 19.4 Å². The molecule has 0 bridgehead atoms. The first-order valence-corrected chi connectivity index (χ1v) is 9.21. The predicted octanol–water partition coefficient (Wildman–Crippen LogP) is 2.82. The van der Waals surface area contributed by atoms with Crippen LogP contribution in [0.25, 0.3) is 11.1 Å². The molecule has 0 atom stereocenters. The number of carbonyl (C=O) groups is 1. The highest BCUT2D eigenvalue weighted by Crippen LogP contribution is 2.28. The molecule has 0 unspecified atom stereocenters. The van der Waals surface area contributed by atoms with Crippen LogP contribution in [0.3, 0.4) is 0 Å². The first kappa shape index (κ1) is 16.1. The van der Waals surface area contributed by atoms with E-state index in [9.17, 15) is 4.79 Å². The van der Waals surface area contributed by atoms with Gasteiger partial charge in [-0.05, 0) is 30.7 Å². The quantitative estimate of drug-likeness (QED) is 0.770. The summed E-state index contributed by atoms with van der Waals surface area (Å²) in [6.07, 6.45) is 3.46. The summed E-state index contributed by atoms with van der Waals surface area (Å²) in [4.78, 5) is 23.0. The monoisotopic (exact) mass is 364 g/mol. The van der Waals surface area contributed by atoms with E-state index >= 15 is 0 Å². The van der Waals surface area contributed by atoms with Crippen molar-refractivity contribution >= 4 is 22.8 Å². The molecule has 1 N–H and O–H groups in total. The lowest BCUT2D eigenvalue weighted by Gasteiger charge is -2.34. The molecule has 138 valence electrons. The van der Waals surface area contributed by atoms with Crippen LogP contribution in [-0.2, 0) is 6.54 Å². The van der Waals surface area contributed by atoms with Crippen LogP contribution in [0.5, 0.6) is 5.75 Å². The van der Waals surface area contributed by atoms with Gasteiger partial charge in [0.25, 0.3) is 5.91 Å². The van der Waals surface area contributed by atoms with Crippen LogP contribution < -0.4 is 15.0 Å². The average Bonchev–Trinajstić information content (AvgIpc) is 3.28. The van der Waals surface area contributed by atoms with Crippen LogP contribution in [0, 0.1) is 6.92 Å². The Balaban J connectivity index is 1.27. The number of piperidine rings is 1. The molecule has 7 nitrogen and oxygen atoms in total. The molecule has 5 rings (SSSR count). The molecule has 1 amide bonds. The number of anilines is 1. The number of hydrogen-bond acceptors (Lipinski definition) is 6. The lowest BCUT2D eigenvalue weighted by atomic mass is 10.1. The van der Waals surface area contributed by atoms with E-state index in [-0.39, 0.29) is 12.0 Å². The normalized spacial score (nSPS) is 17.2. The number of fused-ring (bicyclic) bond motifs is 2. The van der Waals surface area contributed by atoms with Crippen molar-refractivity contribution in [2.75, 3.05) is 18.0 Å². The third-order valence-electron chi connectivity index (χ3n) is 5.27. The summed E-state index contributed by atoms with van der Waals surface area (Å²) >= 11 is 0. The Bertz CT molecular complexity index is 1020. The summed E-state index contributed by atoms with van der Waals surface area (Å²) in [7, 11) is 0. The van der Waals surface area contributed by atoms with Gasteiger partial charge >= 0.3 is 0 Å². The Labute approximate surface area is 156 Å². The summed E-state index contributed by atoms with van der Waals surface area (Å²) in [5.74, 6) is 1.78. The van der Waals surface area contributed by atoms with E-state index in [1.165, 1.54) is 6.39 Å². The lowest BCUT2D eigenvalue weighted by Crippen LogP contribution is -2.39. The number of aryl methyl sites for hydroxylation is 1. The van der Waals surface area contributed by atoms with Crippen LogP contribution in [0.1, 0.15) is 34.5 Å². The summed E-state index contributed by atoms with van der Waals surface area (Å²) < 4.78 is 11.4. The average molecular weight is 364 g/mol. The van der Waals surface area contributed by atoms with Gasteiger partial charge in [0, 0.05) is 32.0 Å². The highest BCUT2D eigenvalue weighted by Gasteiger charge is 2.26. The van der Waals surface area contributed by atoms with Crippen LogP contribution in [-0.4, -0.2) is 35.1 Å². The van der Waals surface area contributed by atoms with E-state index in [0.29, 0.717) is 12.1 Å². The molecule has 4 heterocycles. The van der Waals surface area contributed by atoms with Gasteiger partial charge in [0.05, 0.1) is 17.8 Å². The summed E-state index contributed by atoms with van der Waals surface area (Å²) in [5.41, 5.74) is 4.17. The van der Waals surface area contributed by atoms with E-state index < -0.39 is 0 Å². The van der Waals surface area contributed by atoms with Gasteiger partial charge in [-0.15, -0.1) is 0 Å². The van der Waals surface area contributed by atoms with Crippen molar-refractivity contribution < 1.29 is 13.9 Å². The number of oxazole rings is 1. The van der Waals surface area contributed by atoms with E-state index in [1.54, 1.807) is 0 Å². The molecule has 0 spiro atoms. The molecule has 2 aromatic heterocycles. The third kappa shape index (κ3) is 2.89. The molecule has 0 aliphatic carbocycles. The highest BCUT2D eigenvalue weighted by atomic mass is 16.5. The van der Waals surface area contributed by atoms with E-state index in [1.807, 2.05) is 31.2 Å². The van der Waals surface area contributed by atoms with Gasteiger partial charge in [-0.2, -0.15) is 0 Å². The van der Waals surface area contributed by atoms with Crippen LogP contribution in [0.4, 0.5) is 5.82 Å². The minimum absolute atomic E-state index is 0.0247. The fourth-order valence-electron chi connectivity index (χ4n) is 3.84. The standard InChI is InChI=1S/C20H20N4O3/c1-12-8-15-17(10-21-20(15)25)23-19(12)24-6-4-13(5-7-24)27-14-2-3-18-16(9-14)22-11-26-18/h2-3,8-9,11,13H,4-7,10H2,1H3,(H,21,25). The smallest absolute Gasteiger partial charge is 0.253 e. The molecule has 7 heteroatoms. The molecule has 27 heavy (non-hydrogen) atoms. The summed E-state index contributed by atoms with van der Waals surface area (Å²) in [6, 6.07) is 7.69. The van der Waals surface area contributed by atoms with Crippen molar-refractivity contribution in [2.24, 2.45) is 0 Å². The number of pyridine rings is 1. The Morgan fingerprint density at radius 2 is 2.11 bits per heavy atom. The second-order valence-electron chi connectivity index (χ2n) is 7.09. The number of carbonyl (C=O) groups excluding carboxylic acids is 1. The Hall–Kier alpha value is -3.09. The van der Waals surface area contributed by atoms with Gasteiger partial charge in [-0.1, -0.05) is 0 Å². The number of nitrogens with one attached hydrogen (secondary N) is 1. The van der Waals surface area contributed by atoms with Gasteiger partial charge in [-0.3, -0.25) is 4.79 Å². The zero-order valence-electron chi connectivity index (χ0n) is 15.1. The number of nitrogens with zero attached hydrogens (tertiary/aromatic N) is 3. The van der Waals surface area contributed by atoms with Gasteiger partial charge in [0.1, 0.15) is 23.2 Å². The first-order chi connectivity index (χ1) is 13.2. The van der Waals surface area contributed by atoms with Gasteiger partial charge in [0.2, 0.25) is 0 Å². The van der Waals surface area contributed by atoms with Crippen molar-refractivity contribution in [3.05, 3.63) is 47.5 Å². The van der Waals surface area contributed by atoms with E-state index in [4.69, 9.17) is 14.1 Å². The minimum Gasteiger partial charge on any atom is -0.490 e. The van der Waals surface area contributed by atoms with Crippen LogP contribution in [0.2, 0.25) is 0 Å². The molecule has 3 aromatic rings.